The first-order valence-corrected chi connectivity index (χ1v) is 50.8. The van der Waals surface area contributed by atoms with E-state index in [0.717, 1.165) is 51.0 Å². The fourth-order valence-corrected chi connectivity index (χ4v) is 16.4. The molecular weight excluding hydrogens is 1390 g/mol. The zero-order valence-electron chi connectivity index (χ0n) is 71.3. The Kier molecular flexibility index (Phi) is 40.1. The number of allylic oxidation sites excluding steroid dienone is 4. The van der Waals surface area contributed by atoms with Gasteiger partial charge in [-0.05, 0) is 166 Å². The van der Waals surface area contributed by atoms with Crippen LogP contribution < -0.4 is 0 Å². The Bertz CT molecular complexity index is 3190. The Labute approximate surface area is 641 Å². The van der Waals surface area contributed by atoms with Crippen LogP contribution in [-0.4, -0.2) is 101 Å². The fraction of sp³-hybridized carbons (Fsp3) is 0.690. The van der Waals surface area contributed by atoms with Crippen molar-refractivity contribution in [2.75, 3.05) is 0 Å². The lowest BCUT2D eigenvalue weighted by atomic mass is 9.69. The summed E-state index contributed by atoms with van der Waals surface area (Å²) in [5, 5.41) is 25.8. The third-order valence-corrected chi connectivity index (χ3v) is 42.6. The summed E-state index contributed by atoms with van der Waals surface area (Å²) >= 11 is 3.20. The Hall–Kier alpha value is -3.87. The highest BCUT2D eigenvalue weighted by Gasteiger charge is 2.48. The zero-order chi connectivity index (χ0) is 80.8. The molecule has 0 saturated heterocycles. The number of hydrogen-bond donors (Lipinski definition) is 2. The summed E-state index contributed by atoms with van der Waals surface area (Å²) in [5.41, 5.74) is 4.44. The van der Waals surface area contributed by atoms with Crippen molar-refractivity contribution >= 4 is 91.6 Å². The molecule has 0 aromatic carbocycles. The molecule has 0 unspecified atom stereocenters. The second kappa shape index (κ2) is 41.6. The number of Topliss-reactive ketones (excluding diaryl/α,β-unsaturated/α-hetero) is 2. The van der Waals surface area contributed by atoms with Gasteiger partial charge in [-0.3, -0.25) is 19.2 Å². The Morgan fingerprint density at radius 3 is 1.17 bits per heavy atom. The standard InChI is InChI=1S/C42H73NO5SSi2.C21H35NO2SSi.C21H40O4Si/c1-20-22-29(3)23-24-35(31(5)25-34-28-49-36(43-34)27-46-50(16,17)40(8,9)10)47-37(44)26-32(6)42(14,15)39(45)33(7)38(30(4)21-2)48-51(18,19)41(11,12)13;1-9-10-16(2)11-12-19(23)17(3)13-18-15-25-20(22-18)14-24-26(7,8)21(4,5)6;1-12-14(2)18(25-26(10,11)20(5,6)7)16(4)19(24)21(8,9)15(3)13-17(22)23/h20-21,23,25,28,30,32-33,35,38H,1-2,22,24,26-27H2,3-19H3;9,11,13,15,19,23H,1,10,12,14H2,2-8H3;12,14-16,18H,1,13H2,2-11H3,(H,22,23)/b29-23-,31-25+;16-11-,17-13+;/t30-,32-,33+,35-,38-;19-;14-,15-,16+,18-/m000/s1. The first-order chi connectivity index (χ1) is 46.5. The number of ether oxygens (including phenoxy) is 1. The van der Waals surface area contributed by atoms with Crippen molar-refractivity contribution in [3.05, 3.63) is 117 Å². The molecule has 19 heteroatoms. The smallest absolute Gasteiger partial charge is 0.306 e. The molecule has 0 spiro atoms. The van der Waals surface area contributed by atoms with E-state index in [-0.39, 0.29) is 98.2 Å². The van der Waals surface area contributed by atoms with E-state index in [2.05, 4.69) is 200 Å². The summed E-state index contributed by atoms with van der Waals surface area (Å²) in [6, 6.07) is 0. The number of aliphatic hydroxyl groups is 1. The summed E-state index contributed by atoms with van der Waals surface area (Å²) < 4.78 is 32.3. The predicted molar refractivity (Wildman–Crippen MR) is 452 cm³/mol. The second-order valence-corrected chi connectivity index (χ2v) is 57.5. The SMILES string of the molecule is C=CC/C(C)=C\C[C@H](O)/C(C)=C/c1csc(CO[Si](C)(C)C(C)(C)C)n1.C=CC/C(C)=C\C[C@H](OC(=O)C[C@H](C)C(C)(C)C(=O)[C@H](C)[C@@H](O[Si](C)(C)C(C)(C)C)[C@@H](C)C=C)/C(C)=C/c1csc(CO[Si](C)(C)C(C)(C)C)n1.C=C[C@H](C)[C@H](O[Si](C)(C)C(C)(C)C)[C@@H](C)C(=O)C(C)(C)[C@@H](C)CC(=O)O. The van der Waals surface area contributed by atoms with Crippen LogP contribution in [0.2, 0.25) is 72.5 Å². The quantitative estimate of drug-likeness (QED) is 0.0367. The molecule has 0 radical (unpaired) electrons. The number of carbonyl (C=O) groups is 4. The van der Waals surface area contributed by atoms with Gasteiger partial charge in [0.25, 0.3) is 0 Å². The Morgan fingerprint density at radius 1 is 0.515 bits per heavy atom. The van der Waals surface area contributed by atoms with E-state index in [0.29, 0.717) is 26.1 Å². The van der Waals surface area contributed by atoms with Crippen molar-refractivity contribution in [3.63, 3.8) is 0 Å². The number of aromatic nitrogens is 2. The summed E-state index contributed by atoms with van der Waals surface area (Å²) in [6.45, 7) is 88.4. The third-order valence-electron chi connectivity index (χ3n) is 23.0. The molecule has 103 heavy (non-hydrogen) atoms. The molecule has 0 aliphatic heterocycles. The number of hydrogen-bond acceptors (Lipinski definition) is 14. The largest absolute Gasteiger partial charge is 0.481 e. The van der Waals surface area contributed by atoms with Crippen LogP contribution in [0.5, 0.6) is 0 Å². The van der Waals surface area contributed by atoms with Crippen molar-refractivity contribution in [1.82, 2.24) is 9.97 Å². The average molecular weight is 1540 g/mol. The van der Waals surface area contributed by atoms with Crippen LogP contribution in [0, 0.1) is 46.3 Å². The van der Waals surface area contributed by atoms with Gasteiger partial charge in [0.15, 0.2) is 33.3 Å². The van der Waals surface area contributed by atoms with Gasteiger partial charge in [0.2, 0.25) is 0 Å². The van der Waals surface area contributed by atoms with Gasteiger partial charge in [0, 0.05) is 52.7 Å². The van der Waals surface area contributed by atoms with Gasteiger partial charge in [0.05, 0.1) is 42.9 Å². The van der Waals surface area contributed by atoms with E-state index < -0.39 is 62.3 Å². The average Bonchev–Trinajstić information content (AvgIpc) is 1.43. The summed E-state index contributed by atoms with van der Waals surface area (Å²) in [5.74, 6) is -2.21. The minimum Gasteiger partial charge on any atom is -0.481 e. The number of nitrogens with zero attached hydrogens (tertiary/aromatic N) is 2. The highest BCUT2D eigenvalue weighted by atomic mass is 32.1. The van der Waals surface area contributed by atoms with Gasteiger partial charge >= 0.3 is 11.9 Å². The monoisotopic (exact) mass is 1540 g/mol. The highest BCUT2D eigenvalue weighted by molar-refractivity contribution is 7.10. The maximum absolute atomic E-state index is 14.2. The highest BCUT2D eigenvalue weighted by Crippen LogP contribution is 2.45. The third kappa shape index (κ3) is 32.1. The first-order valence-electron chi connectivity index (χ1n) is 37.4. The van der Waals surface area contributed by atoms with Crippen molar-refractivity contribution in [2.24, 2.45) is 46.3 Å². The number of carboxylic acids is 1. The van der Waals surface area contributed by atoms with Crippen molar-refractivity contribution < 1.29 is 51.8 Å². The lowest BCUT2D eigenvalue weighted by molar-refractivity contribution is -0.150. The zero-order valence-corrected chi connectivity index (χ0v) is 76.9. The van der Waals surface area contributed by atoms with Crippen LogP contribution in [-0.2, 0) is 54.8 Å². The van der Waals surface area contributed by atoms with E-state index in [4.69, 9.17) is 32.5 Å². The number of thiazole rings is 2. The summed E-state index contributed by atoms with van der Waals surface area (Å²) in [4.78, 5) is 61.7. The van der Waals surface area contributed by atoms with E-state index >= 15 is 0 Å². The normalized spacial score (nSPS) is 16.8. The first kappa shape index (κ1) is 99.1. The van der Waals surface area contributed by atoms with Crippen LogP contribution in [0.3, 0.4) is 0 Å². The van der Waals surface area contributed by atoms with Gasteiger partial charge in [-0.15, -0.1) is 49.0 Å². The molecule has 2 N–H and O–H groups in total. The number of carboxylic acid groups (broad SMARTS) is 1. The number of aliphatic hydroxyl groups excluding tert-OH is 1. The second-order valence-electron chi connectivity index (χ2n) is 36.5. The number of esters is 1. The predicted octanol–water partition coefficient (Wildman–Crippen LogP) is 24.2. The molecule has 2 rings (SSSR count). The molecule has 13 nitrogen and oxygen atoms in total. The van der Waals surface area contributed by atoms with Crippen molar-refractivity contribution in [2.45, 2.75) is 329 Å². The number of carbonyl (C=O) groups excluding carboxylic acids is 3. The van der Waals surface area contributed by atoms with Gasteiger partial charge < -0.3 is 32.7 Å². The maximum atomic E-state index is 14.2. The molecule has 588 valence electrons. The fourth-order valence-electron chi connectivity index (χ4n) is 10.1. The topological polar surface area (TPSA) is 181 Å². The molecule has 0 bridgehead atoms. The molecular formula is C84H148N2O11S2Si4. The van der Waals surface area contributed by atoms with Crippen LogP contribution in [0.1, 0.15) is 240 Å². The molecule has 0 saturated carbocycles. The molecule has 0 aliphatic carbocycles. The number of aliphatic carboxylic acids is 1. The molecule has 0 aliphatic rings. The van der Waals surface area contributed by atoms with Crippen molar-refractivity contribution in [1.29, 1.82) is 0 Å². The Morgan fingerprint density at radius 2 is 0.845 bits per heavy atom. The summed E-state index contributed by atoms with van der Waals surface area (Å²) in [7, 11) is -7.88. The molecule has 2 aromatic heterocycles. The lowest BCUT2D eigenvalue weighted by Crippen LogP contribution is -2.50. The molecule has 10 atom stereocenters. The van der Waals surface area contributed by atoms with Gasteiger partial charge in [-0.1, -0.05) is 200 Å². The van der Waals surface area contributed by atoms with Crippen LogP contribution in [0.25, 0.3) is 12.2 Å². The van der Waals surface area contributed by atoms with Gasteiger partial charge in [-0.25, -0.2) is 9.97 Å². The van der Waals surface area contributed by atoms with Gasteiger partial charge in [0.1, 0.15) is 27.7 Å². The summed E-state index contributed by atoms with van der Waals surface area (Å²) in [6.07, 6.45) is 17.0. The number of ketones is 2. The lowest BCUT2D eigenvalue weighted by Gasteiger charge is -2.43. The van der Waals surface area contributed by atoms with Crippen molar-refractivity contribution in [3.8, 4) is 0 Å². The molecule has 2 heterocycles. The number of rotatable bonds is 39. The van der Waals surface area contributed by atoms with E-state index in [1.807, 2.05) is 123 Å². The van der Waals surface area contributed by atoms with Crippen LogP contribution in [0.4, 0.5) is 0 Å². The van der Waals surface area contributed by atoms with Gasteiger partial charge in [-0.2, -0.15) is 0 Å². The Balaban J connectivity index is 0.00000168. The van der Waals surface area contributed by atoms with E-state index in [9.17, 15) is 24.3 Å². The molecule has 2 aromatic rings. The minimum atomic E-state index is -2.16. The maximum Gasteiger partial charge on any atom is 0.306 e. The van der Waals surface area contributed by atoms with E-state index in [1.54, 1.807) is 22.7 Å². The molecule has 0 amide bonds. The van der Waals surface area contributed by atoms with Crippen LogP contribution >= 0.6 is 22.7 Å². The van der Waals surface area contributed by atoms with E-state index in [1.165, 1.54) is 5.57 Å². The molecule has 0 fully saturated rings. The van der Waals surface area contributed by atoms with Crippen LogP contribution in [0.15, 0.2) is 95.8 Å². The minimum absolute atomic E-state index is 0.000717.